The minimum atomic E-state index is -0.0218. The molecule has 2 heterocycles. The molecule has 0 radical (unpaired) electrons. The highest BCUT2D eigenvalue weighted by Gasteiger charge is 2.21. The van der Waals surface area contributed by atoms with Crippen molar-refractivity contribution in [2.75, 3.05) is 32.7 Å². The largest absolute Gasteiger partial charge is 0.471 e. The molecule has 2 aromatic carbocycles. The maximum absolute atomic E-state index is 12.8. The Hall–Kier alpha value is -3.38. The summed E-state index contributed by atoms with van der Waals surface area (Å²) in [5.41, 5.74) is 2.77. The lowest BCUT2D eigenvalue weighted by atomic mass is 10.1. The van der Waals surface area contributed by atoms with Crippen LogP contribution in [0.4, 0.5) is 0 Å². The van der Waals surface area contributed by atoms with E-state index in [1.165, 1.54) is 5.56 Å². The Morgan fingerprint density at radius 3 is 2.52 bits per heavy atom. The Labute approximate surface area is 183 Å². The lowest BCUT2D eigenvalue weighted by Crippen LogP contribution is -2.35. The van der Waals surface area contributed by atoms with Crippen molar-refractivity contribution in [2.45, 2.75) is 13.2 Å². The molecule has 31 heavy (non-hydrogen) atoms. The van der Waals surface area contributed by atoms with Crippen LogP contribution in [0.3, 0.4) is 0 Å². The number of aromatic nitrogens is 2. The molecule has 0 atom stereocenters. The highest BCUT2D eigenvalue weighted by molar-refractivity contribution is 5.92. The molecule has 160 valence electrons. The van der Waals surface area contributed by atoms with Crippen molar-refractivity contribution in [3.8, 4) is 16.9 Å². The third kappa shape index (κ3) is 5.41. The van der Waals surface area contributed by atoms with Crippen LogP contribution in [0.5, 0.6) is 5.75 Å². The van der Waals surface area contributed by atoms with E-state index in [4.69, 9.17) is 4.74 Å². The van der Waals surface area contributed by atoms with Crippen molar-refractivity contribution in [3.05, 3.63) is 85.2 Å². The summed E-state index contributed by atoms with van der Waals surface area (Å²) in [6.45, 7) is 8.23. The Morgan fingerprint density at radius 1 is 0.968 bits per heavy atom. The van der Waals surface area contributed by atoms with Gasteiger partial charge in [0.2, 0.25) is 0 Å². The lowest BCUT2D eigenvalue weighted by Gasteiger charge is -2.20. The van der Waals surface area contributed by atoms with E-state index in [0.29, 0.717) is 12.2 Å². The van der Waals surface area contributed by atoms with E-state index < -0.39 is 0 Å². The number of nitrogens with zero attached hydrogens (tertiary/aromatic N) is 4. The second-order valence-electron chi connectivity index (χ2n) is 7.64. The first-order valence-electron chi connectivity index (χ1n) is 10.7. The molecule has 0 spiro atoms. The van der Waals surface area contributed by atoms with Crippen LogP contribution in [0.15, 0.2) is 79.5 Å². The molecule has 1 saturated heterocycles. The molecule has 4 rings (SSSR count). The zero-order chi connectivity index (χ0) is 21.5. The average Bonchev–Trinajstić information content (AvgIpc) is 3.17. The Morgan fingerprint density at radius 2 is 1.74 bits per heavy atom. The fourth-order valence-electron chi connectivity index (χ4n) is 3.76. The molecule has 0 aliphatic carbocycles. The van der Waals surface area contributed by atoms with Crippen LogP contribution in [-0.2, 0) is 6.73 Å². The van der Waals surface area contributed by atoms with Gasteiger partial charge in [0.25, 0.3) is 5.91 Å². The number of rotatable bonds is 7. The summed E-state index contributed by atoms with van der Waals surface area (Å²) in [4.78, 5) is 17.1. The fourth-order valence-corrected chi connectivity index (χ4v) is 3.76. The zero-order valence-corrected chi connectivity index (χ0v) is 17.7. The molecule has 1 aliphatic heterocycles. The minimum absolute atomic E-state index is 0.0218. The van der Waals surface area contributed by atoms with Crippen molar-refractivity contribution in [1.82, 2.24) is 19.6 Å². The van der Waals surface area contributed by atoms with Crippen LogP contribution in [0.25, 0.3) is 11.1 Å². The summed E-state index contributed by atoms with van der Waals surface area (Å²) in [5.74, 6) is 0.740. The van der Waals surface area contributed by atoms with Gasteiger partial charge in [-0.25, -0.2) is 4.68 Å². The van der Waals surface area contributed by atoms with Gasteiger partial charge in [-0.05, 0) is 35.7 Å². The van der Waals surface area contributed by atoms with Gasteiger partial charge < -0.3 is 9.64 Å². The molecule has 1 aromatic heterocycles. The molecule has 1 fully saturated rings. The summed E-state index contributed by atoms with van der Waals surface area (Å²) >= 11 is 0. The quantitative estimate of drug-likeness (QED) is 0.548. The summed E-state index contributed by atoms with van der Waals surface area (Å²) in [6, 6.07) is 20.0. The summed E-state index contributed by atoms with van der Waals surface area (Å²) in [5, 5.41) is 4.42. The van der Waals surface area contributed by atoms with E-state index in [1.807, 2.05) is 53.4 Å². The van der Waals surface area contributed by atoms with Gasteiger partial charge in [-0.1, -0.05) is 48.5 Å². The highest BCUT2D eigenvalue weighted by atomic mass is 16.5. The van der Waals surface area contributed by atoms with Crippen LogP contribution in [0.2, 0.25) is 0 Å². The SMILES string of the molecule is C=CCN1CCCN(C(=O)c2ccn(COc3ccc(-c4ccccc4)cc3)n2)CC1. The molecule has 0 N–H and O–H groups in total. The first kappa shape index (κ1) is 20.9. The first-order valence-corrected chi connectivity index (χ1v) is 10.7. The Balaban J connectivity index is 1.32. The van der Waals surface area contributed by atoms with Crippen molar-refractivity contribution < 1.29 is 9.53 Å². The summed E-state index contributed by atoms with van der Waals surface area (Å²) < 4.78 is 7.49. The number of benzene rings is 2. The van der Waals surface area contributed by atoms with Crippen LogP contribution in [0, 0.1) is 0 Å². The van der Waals surface area contributed by atoms with Gasteiger partial charge >= 0.3 is 0 Å². The third-order valence-corrected chi connectivity index (χ3v) is 5.45. The predicted molar refractivity (Wildman–Crippen MR) is 122 cm³/mol. The van der Waals surface area contributed by atoms with Crippen molar-refractivity contribution >= 4 is 5.91 Å². The van der Waals surface area contributed by atoms with E-state index in [0.717, 1.165) is 43.9 Å². The summed E-state index contributed by atoms with van der Waals surface area (Å²) in [6.07, 6.45) is 4.66. The molecule has 0 saturated carbocycles. The van der Waals surface area contributed by atoms with Gasteiger partial charge in [0.1, 0.15) is 5.75 Å². The fraction of sp³-hybridized carbons (Fsp3) is 0.280. The highest BCUT2D eigenvalue weighted by Crippen LogP contribution is 2.22. The maximum atomic E-state index is 12.8. The molecule has 1 aliphatic rings. The smallest absolute Gasteiger partial charge is 0.274 e. The van der Waals surface area contributed by atoms with Gasteiger partial charge in [-0.3, -0.25) is 9.69 Å². The van der Waals surface area contributed by atoms with E-state index in [1.54, 1.807) is 16.9 Å². The number of amides is 1. The van der Waals surface area contributed by atoms with Gasteiger partial charge in [-0.15, -0.1) is 6.58 Å². The van der Waals surface area contributed by atoms with Crippen molar-refractivity contribution in [3.63, 3.8) is 0 Å². The monoisotopic (exact) mass is 416 g/mol. The van der Waals surface area contributed by atoms with Crippen LogP contribution < -0.4 is 4.74 Å². The second-order valence-corrected chi connectivity index (χ2v) is 7.64. The van der Waals surface area contributed by atoms with Crippen LogP contribution >= 0.6 is 0 Å². The molecule has 0 unspecified atom stereocenters. The number of ether oxygens (including phenoxy) is 1. The van der Waals surface area contributed by atoms with E-state index in [-0.39, 0.29) is 12.6 Å². The number of hydrogen-bond acceptors (Lipinski definition) is 4. The van der Waals surface area contributed by atoms with Gasteiger partial charge in [0, 0.05) is 38.9 Å². The second kappa shape index (κ2) is 10.1. The van der Waals surface area contributed by atoms with Gasteiger partial charge in [-0.2, -0.15) is 5.10 Å². The van der Waals surface area contributed by atoms with Gasteiger partial charge in [0.15, 0.2) is 12.4 Å². The Kier molecular flexibility index (Phi) is 6.79. The predicted octanol–water partition coefficient (Wildman–Crippen LogP) is 3.92. The van der Waals surface area contributed by atoms with E-state index in [2.05, 4.69) is 28.7 Å². The van der Waals surface area contributed by atoms with Crippen LogP contribution in [0.1, 0.15) is 16.9 Å². The van der Waals surface area contributed by atoms with E-state index in [9.17, 15) is 4.79 Å². The summed E-state index contributed by atoms with van der Waals surface area (Å²) in [7, 11) is 0. The maximum Gasteiger partial charge on any atom is 0.274 e. The third-order valence-electron chi connectivity index (χ3n) is 5.45. The number of hydrogen-bond donors (Lipinski definition) is 0. The molecule has 6 nitrogen and oxygen atoms in total. The molecule has 0 bridgehead atoms. The lowest BCUT2D eigenvalue weighted by molar-refractivity contribution is 0.0754. The number of carbonyl (C=O) groups excluding carboxylic acids is 1. The molecule has 3 aromatic rings. The van der Waals surface area contributed by atoms with Crippen molar-refractivity contribution in [1.29, 1.82) is 0 Å². The first-order chi connectivity index (χ1) is 15.2. The molecular weight excluding hydrogens is 388 g/mol. The van der Waals surface area contributed by atoms with Crippen LogP contribution in [-0.4, -0.2) is 58.2 Å². The zero-order valence-electron chi connectivity index (χ0n) is 17.7. The topological polar surface area (TPSA) is 50.6 Å². The molecule has 6 heteroatoms. The van der Waals surface area contributed by atoms with Crippen molar-refractivity contribution in [2.24, 2.45) is 0 Å². The molecular formula is C25H28N4O2. The Bertz CT molecular complexity index is 998. The molecule has 1 amide bonds. The normalized spacial score (nSPS) is 14.8. The van der Waals surface area contributed by atoms with E-state index >= 15 is 0 Å². The van der Waals surface area contributed by atoms with Gasteiger partial charge in [0.05, 0.1) is 0 Å². The average molecular weight is 417 g/mol. The minimum Gasteiger partial charge on any atom is -0.471 e. The standard InChI is InChI=1S/C25H28N4O2/c1-2-14-27-15-6-16-28(19-18-27)25(30)24-13-17-29(26-24)20-31-23-11-9-22(10-12-23)21-7-4-3-5-8-21/h2-5,7-13,17H,1,6,14-16,18-20H2. The number of carbonyl (C=O) groups is 1.